The zero-order chi connectivity index (χ0) is 18.6. The highest BCUT2D eigenvalue weighted by Crippen LogP contribution is 2.29. The van der Waals surface area contributed by atoms with Gasteiger partial charge in [0.15, 0.2) is 11.0 Å². The zero-order valence-corrected chi connectivity index (χ0v) is 17.1. The fraction of sp³-hybridized carbons (Fsp3) is 0.150. The van der Waals surface area contributed by atoms with Crippen LogP contribution in [-0.2, 0) is 12.3 Å². The number of thioether (sulfide) groups is 1. The quantitative estimate of drug-likeness (QED) is 0.362. The van der Waals surface area contributed by atoms with Gasteiger partial charge in [-0.15, -0.1) is 21.5 Å². The molecule has 4 aromatic rings. The lowest BCUT2D eigenvalue weighted by molar-refractivity contribution is 0.687. The molecule has 0 radical (unpaired) electrons. The fourth-order valence-corrected chi connectivity index (χ4v) is 4.67. The van der Waals surface area contributed by atoms with Crippen LogP contribution in [0.25, 0.3) is 22.0 Å². The second kappa shape index (κ2) is 8.25. The first-order valence-corrected chi connectivity index (χ1v) is 10.8. The van der Waals surface area contributed by atoms with E-state index in [1.807, 2.05) is 42.5 Å². The largest absolute Gasteiger partial charge is 0.302 e. The third-order valence-electron chi connectivity index (χ3n) is 4.06. The van der Waals surface area contributed by atoms with Crippen molar-refractivity contribution in [2.75, 3.05) is 0 Å². The molecule has 0 spiro atoms. The van der Waals surface area contributed by atoms with Crippen LogP contribution in [0.5, 0.6) is 0 Å². The molecule has 0 bridgehead atoms. The lowest BCUT2D eigenvalue weighted by Gasteiger charge is -2.07. The molecular weight excluding hydrogens is 396 g/mol. The van der Waals surface area contributed by atoms with E-state index in [2.05, 4.69) is 39.2 Å². The predicted octanol–water partition coefficient (Wildman–Crippen LogP) is 6.03. The number of rotatable bonds is 6. The van der Waals surface area contributed by atoms with Crippen molar-refractivity contribution in [3.63, 3.8) is 0 Å². The van der Waals surface area contributed by atoms with Crippen LogP contribution in [0.15, 0.2) is 65.1 Å². The highest BCUT2D eigenvalue weighted by Gasteiger charge is 2.14. The Hall–Kier alpha value is -2.15. The maximum absolute atomic E-state index is 5.99. The number of hydrogen-bond donors (Lipinski definition) is 0. The topological polar surface area (TPSA) is 43.6 Å². The summed E-state index contributed by atoms with van der Waals surface area (Å²) < 4.78 is 2.12. The summed E-state index contributed by atoms with van der Waals surface area (Å²) in [5, 5.41) is 13.5. The van der Waals surface area contributed by atoms with Crippen molar-refractivity contribution in [3.8, 4) is 22.0 Å². The molecule has 136 valence electrons. The Balaban J connectivity index is 1.50. The first-order valence-electron chi connectivity index (χ1n) is 8.56. The van der Waals surface area contributed by atoms with Crippen LogP contribution in [0.2, 0.25) is 5.02 Å². The summed E-state index contributed by atoms with van der Waals surface area (Å²) in [6.07, 6.45) is 0. The molecule has 0 unspecified atom stereocenters. The van der Waals surface area contributed by atoms with Gasteiger partial charge in [-0.25, -0.2) is 4.98 Å². The van der Waals surface area contributed by atoms with Crippen molar-refractivity contribution < 1.29 is 0 Å². The Morgan fingerprint density at radius 1 is 1.00 bits per heavy atom. The van der Waals surface area contributed by atoms with Crippen molar-refractivity contribution in [3.05, 3.63) is 70.7 Å². The Bertz CT molecular complexity index is 1030. The molecule has 4 nitrogen and oxygen atoms in total. The maximum Gasteiger partial charge on any atom is 0.191 e. The maximum atomic E-state index is 5.99. The monoisotopic (exact) mass is 412 g/mol. The molecule has 4 rings (SSSR count). The van der Waals surface area contributed by atoms with Gasteiger partial charge in [0.1, 0.15) is 5.01 Å². The van der Waals surface area contributed by atoms with Gasteiger partial charge >= 0.3 is 0 Å². The van der Waals surface area contributed by atoms with Crippen LogP contribution in [-0.4, -0.2) is 19.7 Å². The summed E-state index contributed by atoms with van der Waals surface area (Å²) in [7, 11) is 0. The summed E-state index contributed by atoms with van der Waals surface area (Å²) >= 11 is 9.32. The predicted molar refractivity (Wildman–Crippen MR) is 113 cm³/mol. The van der Waals surface area contributed by atoms with Crippen molar-refractivity contribution in [2.24, 2.45) is 0 Å². The molecule has 0 fully saturated rings. The molecule has 0 amide bonds. The second-order valence-electron chi connectivity index (χ2n) is 5.86. The number of halogens is 1. The number of thiazole rings is 1. The minimum atomic E-state index is 0.716. The molecule has 0 aliphatic heterocycles. The highest BCUT2D eigenvalue weighted by molar-refractivity contribution is 7.98. The van der Waals surface area contributed by atoms with Gasteiger partial charge in [0.05, 0.1) is 5.69 Å². The van der Waals surface area contributed by atoms with Crippen molar-refractivity contribution in [1.82, 2.24) is 19.7 Å². The summed E-state index contributed by atoms with van der Waals surface area (Å²) in [5.41, 5.74) is 3.23. The van der Waals surface area contributed by atoms with E-state index in [4.69, 9.17) is 16.6 Å². The molecule has 0 aliphatic rings. The Morgan fingerprint density at radius 3 is 2.52 bits per heavy atom. The molecule has 0 saturated carbocycles. The van der Waals surface area contributed by atoms with Gasteiger partial charge in [0.2, 0.25) is 0 Å². The van der Waals surface area contributed by atoms with Crippen molar-refractivity contribution in [1.29, 1.82) is 0 Å². The second-order valence-corrected chi connectivity index (χ2v) is 8.09. The Morgan fingerprint density at radius 2 is 1.78 bits per heavy atom. The number of hydrogen-bond acceptors (Lipinski definition) is 5. The van der Waals surface area contributed by atoms with E-state index in [1.54, 1.807) is 23.1 Å². The number of aromatic nitrogens is 4. The average molecular weight is 413 g/mol. The van der Waals surface area contributed by atoms with Crippen LogP contribution in [0.3, 0.4) is 0 Å². The standard InChI is InChI=1S/C20H17ClN4S2/c1-2-25-18(14-8-10-16(21)11-9-14)23-24-20(25)27-13-17-12-26-19(22-17)15-6-4-3-5-7-15/h3-12H,2,13H2,1H3. The average Bonchev–Trinajstić information content (AvgIpc) is 3.34. The van der Waals surface area contributed by atoms with E-state index in [-0.39, 0.29) is 0 Å². The van der Waals surface area contributed by atoms with Gasteiger partial charge in [-0.2, -0.15) is 0 Å². The number of benzene rings is 2. The Kier molecular flexibility index (Phi) is 5.57. The summed E-state index contributed by atoms with van der Waals surface area (Å²) in [4.78, 5) is 4.75. The Labute approximate surface area is 171 Å². The molecule has 27 heavy (non-hydrogen) atoms. The summed E-state index contributed by atoms with van der Waals surface area (Å²) in [6, 6.07) is 17.9. The summed E-state index contributed by atoms with van der Waals surface area (Å²) in [5.74, 6) is 1.63. The van der Waals surface area contributed by atoms with E-state index >= 15 is 0 Å². The first-order chi connectivity index (χ1) is 13.2. The SMILES string of the molecule is CCn1c(SCc2csc(-c3ccccc3)n2)nnc1-c1ccc(Cl)cc1. The van der Waals surface area contributed by atoms with Crippen LogP contribution in [0, 0.1) is 0 Å². The van der Waals surface area contributed by atoms with Gasteiger partial charge in [0.25, 0.3) is 0 Å². The molecule has 7 heteroatoms. The van der Waals surface area contributed by atoms with E-state index in [0.717, 1.165) is 45.1 Å². The van der Waals surface area contributed by atoms with Crippen LogP contribution in [0.4, 0.5) is 0 Å². The van der Waals surface area contributed by atoms with Crippen LogP contribution >= 0.6 is 34.7 Å². The lowest BCUT2D eigenvalue weighted by Crippen LogP contribution is -1.99. The fourth-order valence-electron chi connectivity index (χ4n) is 2.72. The van der Waals surface area contributed by atoms with Gasteiger partial charge in [0, 0.05) is 33.8 Å². The van der Waals surface area contributed by atoms with E-state index in [0.29, 0.717) is 5.02 Å². The van der Waals surface area contributed by atoms with E-state index in [1.165, 1.54) is 0 Å². The summed E-state index contributed by atoms with van der Waals surface area (Å²) in [6.45, 7) is 2.91. The first kappa shape index (κ1) is 18.2. The normalized spacial score (nSPS) is 11.0. The lowest BCUT2D eigenvalue weighted by atomic mass is 10.2. The number of nitrogens with zero attached hydrogens (tertiary/aromatic N) is 4. The minimum Gasteiger partial charge on any atom is -0.302 e. The molecular formula is C20H17ClN4S2. The van der Waals surface area contributed by atoms with Gasteiger partial charge in [-0.1, -0.05) is 53.7 Å². The van der Waals surface area contributed by atoms with Gasteiger partial charge in [-0.05, 0) is 31.2 Å². The van der Waals surface area contributed by atoms with Gasteiger partial charge in [-0.3, -0.25) is 0 Å². The molecule has 2 aromatic heterocycles. The molecule has 0 N–H and O–H groups in total. The molecule has 0 atom stereocenters. The van der Waals surface area contributed by atoms with Crippen LogP contribution in [0.1, 0.15) is 12.6 Å². The van der Waals surface area contributed by atoms with Crippen molar-refractivity contribution in [2.45, 2.75) is 24.4 Å². The van der Waals surface area contributed by atoms with Gasteiger partial charge < -0.3 is 4.57 Å². The smallest absolute Gasteiger partial charge is 0.191 e. The van der Waals surface area contributed by atoms with E-state index in [9.17, 15) is 0 Å². The molecule has 2 aromatic carbocycles. The third kappa shape index (κ3) is 4.08. The van der Waals surface area contributed by atoms with E-state index < -0.39 is 0 Å². The molecule has 0 saturated heterocycles. The zero-order valence-electron chi connectivity index (χ0n) is 14.7. The molecule has 2 heterocycles. The highest BCUT2D eigenvalue weighted by atomic mass is 35.5. The third-order valence-corrected chi connectivity index (χ3v) is 6.25. The molecule has 0 aliphatic carbocycles. The van der Waals surface area contributed by atoms with Crippen LogP contribution < -0.4 is 0 Å². The van der Waals surface area contributed by atoms with Crippen molar-refractivity contribution >= 4 is 34.7 Å². The minimum absolute atomic E-state index is 0.716.